The summed E-state index contributed by atoms with van der Waals surface area (Å²) in [5.74, 6) is 0.971. The van der Waals surface area contributed by atoms with Gasteiger partial charge in [0.25, 0.3) is 0 Å². The van der Waals surface area contributed by atoms with Gasteiger partial charge in [-0.25, -0.2) is 0 Å². The molecule has 1 fully saturated rings. The second-order valence-corrected chi connectivity index (χ2v) is 3.28. The molecule has 0 aliphatic heterocycles. The predicted octanol–water partition coefficient (Wildman–Crippen LogP) is 1.13. The highest BCUT2D eigenvalue weighted by atomic mass is 16.1. The van der Waals surface area contributed by atoms with Crippen LogP contribution in [-0.4, -0.2) is 18.9 Å². The average Bonchev–Trinajstić information content (AvgIpc) is 2.71. The summed E-state index contributed by atoms with van der Waals surface area (Å²) in [5, 5.41) is 3.12. The summed E-state index contributed by atoms with van der Waals surface area (Å²) in [6, 6.07) is 0. The lowest BCUT2D eigenvalue weighted by Gasteiger charge is -2.00. The molecule has 1 N–H and O–H groups in total. The van der Waals surface area contributed by atoms with Gasteiger partial charge < -0.3 is 5.32 Å². The van der Waals surface area contributed by atoms with E-state index in [1.165, 1.54) is 12.8 Å². The third-order valence-electron chi connectivity index (χ3n) is 1.89. The van der Waals surface area contributed by atoms with Gasteiger partial charge in [-0.2, -0.15) is 0 Å². The Hall–Kier alpha value is -0.630. The highest BCUT2D eigenvalue weighted by Crippen LogP contribution is 2.27. The van der Waals surface area contributed by atoms with E-state index in [9.17, 15) is 4.79 Å². The number of Topliss-reactive ketones (excluding diaryl/α,β-unsaturated/α-hetero) is 1. The van der Waals surface area contributed by atoms with Gasteiger partial charge in [-0.3, -0.25) is 4.79 Å². The maximum Gasteiger partial charge on any atom is 0.171 e. The lowest BCUT2D eigenvalue weighted by Crippen LogP contribution is -2.25. The van der Waals surface area contributed by atoms with Crippen molar-refractivity contribution in [3.05, 3.63) is 12.2 Å². The Balaban J connectivity index is 2.01. The Morgan fingerprint density at radius 3 is 2.73 bits per heavy atom. The molecule has 0 radical (unpaired) electrons. The van der Waals surface area contributed by atoms with Crippen molar-refractivity contribution >= 4 is 5.78 Å². The molecule has 62 valence electrons. The summed E-state index contributed by atoms with van der Waals surface area (Å²) in [6.45, 7) is 6.79. The van der Waals surface area contributed by atoms with Crippen molar-refractivity contribution in [2.24, 2.45) is 5.92 Å². The van der Waals surface area contributed by atoms with Gasteiger partial charge in [0.05, 0.1) is 6.54 Å². The van der Waals surface area contributed by atoms with Crippen molar-refractivity contribution in [1.29, 1.82) is 0 Å². The molecular formula is C9H15NO. The van der Waals surface area contributed by atoms with Crippen LogP contribution in [0.3, 0.4) is 0 Å². The molecule has 1 aliphatic rings. The van der Waals surface area contributed by atoms with Crippen LogP contribution in [0.1, 0.15) is 19.8 Å². The molecule has 0 saturated heterocycles. The molecule has 0 unspecified atom stereocenters. The van der Waals surface area contributed by atoms with E-state index in [2.05, 4.69) is 11.9 Å². The maximum absolute atomic E-state index is 11.0. The third kappa shape index (κ3) is 3.33. The van der Waals surface area contributed by atoms with E-state index >= 15 is 0 Å². The first-order valence-electron chi connectivity index (χ1n) is 4.09. The van der Waals surface area contributed by atoms with E-state index in [1.807, 2.05) is 0 Å². The average molecular weight is 153 g/mol. The lowest BCUT2D eigenvalue weighted by molar-refractivity contribution is -0.114. The van der Waals surface area contributed by atoms with Gasteiger partial charge >= 0.3 is 0 Å². The highest BCUT2D eigenvalue weighted by Gasteiger charge is 2.20. The van der Waals surface area contributed by atoms with Crippen LogP contribution in [0.15, 0.2) is 12.2 Å². The molecule has 0 amide bonds. The summed E-state index contributed by atoms with van der Waals surface area (Å²) < 4.78 is 0. The van der Waals surface area contributed by atoms with Crippen LogP contribution < -0.4 is 5.32 Å². The molecule has 0 bridgehead atoms. The number of rotatable bonds is 5. The normalized spacial score (nSPS) is 16.5. The van der Waals surface area contributed by atoms with Crippen LogP contribution in [0.25, 0.3) is 0 Å². The molecule has 0 spiro atoms. The van der Waals surface area contributed by atoms with Crippen molar-refractivity contribution in [2.45, 2.75) is 19.8 Å². The number of hydrogen-bond acceptors (Lipinski definition) is 2. The summed E-state index contributed by atoms with van der Waals surface area (Å²) in [5.41, 5.74) is 0.647. The van der Waals surface area contributed by atoms with E-state index in [4.69, 9.17) is 0 Å². The van der Waals surface area contributed by atoms with Crippen LogP contribution in [0.5, 0.6) is 0 Å². The molecule has 2 heteroatoms. The molecule has 2 nitrogen and oxygen atoms in total. The second-order valence-electron chi connectivity index (χ2n) is 3.28. The number of nitrogens with one attached hydrogen (secondary N) is 1. The van der Waals surface area contributed by atoms with Gasteiger partial charge in [-0.05, 0) is 37.8 Å². The first-order valence-corrected chi connectivity index (χ1v) is 4.09. The quantitative estimate of drug-likeness (QED) is 0.600. The Morgan fingerprint density at radius 2 is 2.27 bits per heavy atom. The monoisotopic (exact) mass is 153 g/mol. The van der Waals surface area contributed by atoms with Crippen molar-refractivity contribution in [3.8, 4) is 0 Å². The minimum absolute atomic E-state index is 0.130. The summed E-state index contributed by atoms with van der Waals surface area (Å²) >= 11 is 0. The van der Waals surface area contributed by atoms with Gasteiger partial charge in [0.15, 0.2) is 5.78 Å². The summed E-state index contributed by atoms with van der Waals surface area (Å²) in [4.78, 5) is 11.0. The van der Waals surface area contributed by atoms with Gasteiger partial charge in [0, 0.05) is 0 Å². The third-order valence-corrected chi connectivity index (χ3v) is 1.89. The smallest absolute Gasteiger partial charge is 0.171 e. The molecule has 0 atom stereocenters. The molecule has 11 heavy (non-hydrogen) atoms. The summed E-state index contributed by atoms with van der Waals surface area (Å²) in [7, 11) is 0. The standard InChI is InChI=1S/C9H15NO/c1-7(2)9(11)6-10-5-8-3-4-8/h8,10H,1,3-6H2,2H3. The van der Waals surface area contributed by atoms with E-state index in [0.717, 1.165) is 12.5 Å². The fraction of sp³-hybridized carbons (Fsp3) is 0.667. The van der Waals surface area contributed by atoms with Crippen LogP contribution >= 0.6 is 0 Å². The molecule has 0 aromatic heterocycles. The van der Waals surface area contributed by atoms with Crippen LogP contribution in [0, 0.1) is 5.92 Å². The number of carbonyl (C=O) groups is 1. The number of ketones is 1. The molecular weight excluding hydrogens is 138 g/mol. The number of carbonyl (C=O) groups excluding carboxylic acids is 1. The first kappa shape index (κ1) is 8.47. The van der Waals surface area contributed by atoms with E-state index in [-0.39, 0.29) is 5.78 Å². The van der Waals surface area contributed by atoms with Gasteiger partial charge in [0.2, 0.25) is 0 Å². The molecule has 1 saturated carbocycles. The molecule has 1 rings (SSSR count). The van der Waals surface area contributed by atoms with Crippen molar-refractivity contribution in [3.63, 3.8) is 0 Å². The van der Waals surface area contributed by atoms with E-state index in [0.29, 0.717) is 12.1 Å². The largest absolute Gasteiger partial charge is 0.309 e. The highest BCUT2D eigenvalue weighted by molar-refractivity contribution is 5.95. The fourth-order valence-electron chi connectivity index (χ4n) is 0.863. The minimum Gasteiger partial charge on any atom is -0.309 e. The Labute approximate surface area is 67.7 Å². The lowest BCUT2D eigenvalue weighted by atomic mass is 10.2. The SMILES string of the molecule is C=C(C)C(=O)CNCC1CC1. The zero-order valence-corrected chi connectivity index (χ0v) is 7.02. The van der Waals surface area contributed by atoms with Crippen LogP contribution in [0.4, 0.5) is 0 Å². The summed E-state index contributed by atoms with van der Waals surface area (Å²) in [6.07, 6.45) is 2.66. The van der Waals surface area contributed by atoms with Gasteiger partial charge in [-0.15, -0.1) is 0 Å². The topological polar surface area (TPSA) is 29.1 Å². The Morgan fingerprint density at radius 1 is 1.64 bits per heavy atom. The van der Waals surface area contributed by atoms with Gasteiger partial charge in [-0.1, -0.05) is 6.58 Å². The molecule has 0 aromatic rings. The Bertz CT molecular complexity index is 170. The van der Waals surface area contributed by atoms with Crippen LogP contribution in [0.2, 0.25) is 0 Å². The zero-order chi connectivity index (χ0) is 8.27. The van der Waals surface area contributed by atoms with Crippen molar-refractivity contribution in [1.82, 2.24) is 5.32 Å². The molecule has 0 aromatic carbocycles. The van der Waals surface area contributed by atoms with Crippen LogP contribution in [-0.2, 0) is 4.79 Å². The minimum atomic E-state index is 0.130. The zero-order valence-electron chi connectivity index (χ0n) is 7.02. The second kappa shape index (κ2) is 3.67. The number of hydrogen-bond donors (Lipinski definition) is 1. The van der Waals surface area contributed by atoms with Gasteiger partial charge in [0.1, 0.15) is 0 Å². The molecule has 1 aliphatic carbocycles. The Kier molecular flexibility index (Phi) is 2.83. The molecule has 0 heterocycles. The first-order chi connectivity index (χ1) is 5.20. The predicted molar refractivity (Wildman–Crippen MR) is 45.4 cm³/mol. The van der Waals surface area contributed by atoms with Crippen molar-refractivity contribution < 1.29 is 4.79 Å². The van der Waals surface area contributed by atoms with E-state index in [1.54, 1.807) is 6.92 Å². The maximum atomic E-state index is 11.0. The fourth-order valence-corrected chi connectivity index (χ4v) is 0.863. The van der Waals surface area contributed by atoms with Crippen molar-refractivity contribution in [2.75, 3.05) is 13.1 Å². The van der Waals surface area contributed by atoms with E-state index < -0.39 is 0 Å².